The van der Waals surface area contributed by atoms with E-state index in [0.29, 0.717) is 33.2 Å². The largest absolute Gasteiger partial charge is 0.611 e. The summed E-state index contributed by atoms with van der Waals surface area (Å²) in [7, 11) is 3.58. The first-order valence-corrected chi connectivity index (χ1v) is 11.7. The summed E-state index contributed by atoms with van der Waals surface area (Å²) in [6, 6.07) is 7.11. The summed E-state index contributed by atoms with van der Waals surface area (Å²) in [5.41, 5.74) is 8.82. The summed E-state index contributed by atoms with van der Waals surface area (Å²) >= 11 is -1.16. The van der Waals surface area contributed by atoms with Crippen molar-refractivity contribution < 1.29 is 9.35 Å². The Labute approximate surface area is 200 Å². The number of pyridine rings is 1. The molecule has 1 aromatic carbocycles. The van der Waals surface area contributed by atoms with Crippen LogP contribution in [0.2, 0.25) is 0 Å². The fourth-order valence-electron chi connectivity index (χ4n) is 3.42. The number of hydrogen-bond acceptors (Lipinski definition) is 8. The lowest BCUT2D eigenvalue weighted by molar-refractivity contribution is 0.0996. The van der Waals surface area contributed by atoms with E-state index in [-0.39, 0.29) is 16.3 Å². The van der Waals surface area contributed by atoms with Crippen LogP contribution in [-0.2, 0) is 18.2 Å². The molecule has 1 unspecified atom stereocenters. The van der Waals surface area contributed by atoms with Gasteiger partial charge in [0.05, 0.1) is 23.6 Å². The van der Waals surface area contributed by atoms with Crippen LogP contribution in [-0.4, -0.2) is 46.8 Å². The van der Waals surface area contributed by atoms with Gasteiger partial charge in [0.2, 0.25) is 0 Å². The number of hydrogen-bond donors (Lipinski definition) is 3. The molecule has 176 valence electrons. The maximum absolute atomic E-state index is 12.6. The summed E-state index contributed by atoms with van der Waals surface area (Å²) in [4.78, 5) is 30.9. The predicted molar refractivity (Wildman–Crippen MR) is 133 cm³/mol. The number of primary amides is 1. The number of imidazole rings is 1. The molecular formula is C23H26N8O2S. The van der Waals surface area contributed by atoms with Crippen LogP contribution in [0.3, 0.4) is 0 Å². The molecule has 0 fully saturated rings. The Morgan fingerprint density at radius 1 is 1.12 bits per heavy atom. The van der Waals surface area contributed by atoms with E-state index in [1.807, 2.05) is 32.4 Å². The van der Waals surface area contributed by atoms with Crippen LogP contribution in [0.4, 0.5) is 17.3 Å². The Hall–Kier alpha value is -3.70. The SMILES string of the molecule is CNc1nc(Nc2ccc([S+]([O-])C(C)(C)C)cc2)c(C(N)=O)nc1-c1cncc2c1ncn2C. The van der Waals surface area contributed by atoms with Gasteiger partial charge in [0.25, 0.3) is 5.91 Å². The van der Waals surface area contributed by atoms with Crippen molar-refractivity contribution in [3.63, 3.8) is 0 Å². The lowest BCUT2D eigenvalue weighted by atomic mass is 10.1. The van der Waals surface area contributed by atoms with Crippen LogP contribution in [0, 0.1) is 0 Å². The number of fused-ring (bicyclic) bond motifs is 1. The number of aryl methyl sites for hydroxylation is 1. The lowest BCUT2D eigenvalue weighted by Crippen LogP contribution is -2.27. The zero-order chi connectivity index (χ0) is 24.6. The van der Waals surface area contributed by atoms with Crippen molar-refractivity contribution in [2.45, 2.75) is 30.4 Å². The van der Waals surface area contributed by atoms with Gasteiger partial charge in [0, 0.05) is 26.0 Å². The van der Waals surface area contributed by atoms with E-state index in [4.69, 9.17) is 5.73 Å². The number of aromatic nitrogens is 5. The Bertz CT molecular complexity index is 1360. The van der Waals surface area contributed by atoms with E-state index in [9.17, 15) is 9.35 Å². The Morgan fingerprint density at radius 3 is 2.44 bits per heavy atom. The monoisotopic (exact) mass is 478 g/mol. The van der Waals surface area contributed by atoms with E-state index >= 15 is 0 Å². The minimum Gasteiger partial charge on any atom is -0.611 e. The zero-order valence-corrected chi connectivity index (χ0v) is 20.4. The fraction of sp³-hybridized carbons (Fsp3) is 0.261. The Balaban J connectivity index is 1.75. The maximum Gasteiger partial charge on any atom is 0.271 e. The molecule has 0 saturated heterocycles. The molecular weight excluding hydrogens is 452 g/mol. The predicted octanol–water partition coefficient (Wildman–Crippen LogP) is 3.22. The third kappa shape index (κ3) is 4.39. The Kier molecular flexibility index (Phi) is 6.15. The average Bonchev–Trinajstić information content (AvgIpc) is 3.19. The lowest BCUT2D eigenvalue weighted by Gasteiger charge is -2.24. The summed E-state index contributed by atoms with van der Waals surface area (Å²) < 4.78 is 14.1. The van der Waals surface area contributed by atoms with Crippen LogP contribution < -0.4 is 16.4 Å². The Morgan fingerprint density at radius 2 is 1.82 bits per heavy atom. The molecule has 4 rings (SSSR count). The highest BCUT2D eigenvalue weighted by Gasteiger charge is 2.28. The molecule has 0 spiro atoms. The van der Waals surface area contributed by atoms with Gasteiger partial charge in [-0.2, -0.15) is 0 Å². The number of nitrogens with one attached hydrogen (secondary N) is 2. The summed E-state index contributed by atoms with van der Waals surface area (Å²) in [6.07, 6.45) is 5.02. The topological polar surface area (TPSA) is 147 Å². The molecule has 3 aromatic heterocycles. The number of nitrogens with zero attached hydrogens (tertiary/aromatic N) is 5. The molecule has 10 nitrogen and oxygen atoms in total. The van der Waals surface area contributed by atoms with Gasteiger partial charge in [-0.3, -0.25) is 9.78 Å². The van der Waals surface area contributed by atoms with Gasteiger partial charge in [-0.1, -0.05) is 0 Å². The van der Waals surface area contributed by atoms with Gasteiger partial charge in [0.15, 0.2) is 22.2 Å². The normalized spacial score (nSPS) is 12.5. The highest BCUT2D eigenvalue weighted by atomic mass is 32.2. The number of nitrogens with two attached hydrogens (primary N) is 1. The van der Waals surface area contributed by atoms with E-state index in [0.717, 1.165) is 5.52 Å². The van der Waals surface area contributed by atoms with Crippen molar-refractivity contribution in [3.05, 3.63) is 48.7 Å². The molecule has 0 bridgehead atoms. The van der Waals surface area contributed by atoms with Crippen LogP contribution >= 0.6 is 0 Å². The second kappa shape index (κ2) is 8.92. The van der Waals surface area contributed by atoms with Gasteiger partial charge in [-0.15, -0.1) is 0 Å². The second-order valence-electron chi connectivity index (χ2n) is 8.67. The van der Waals surface area contributed by atoms with E-state index in [1.165, 1.54) is 0 Å². The molecule has 1 amide bonds. The van der Waals surface area contributed by atoms with Crippen molar-refractivity contribution in [2.24, 2.45) is 12.8 Å². The van der Waals surface area contributed by atoms with E-state index < -0.39 is 17.1 Å². The highest BCUT2D eigenvalue weighted by molar-refractivity contribution is 7.92. The summed E-state index contributed by atoms with van der Waals surface area (Å²) in [5, 5.41) is 6.13. The molecule has 0 saturated carbocycles. The minimum atomic E-state index is -1.16. The third-order valence-electron chi connectivity index (χ3n) is 5.15. The fourth-order valence-corrected chi connectivity index (χ4v) is 4.52. The number of anilines is 3. The van der Waals surface area contributed by atoms with Crippen LogP contribution in [0.15, 0.2) is 47.9 Å². The van der Waals surface area contributed by atoms with Crippen molar-refractivity contribution in [1.82, 2.24) is 24.5 Å². The highest BCUT2D eigenvalue weighted by Crippen LogP contribution is 2.32. The van der Waals surface area contributed by atoms with Gasteiger partial charge >= 0.3 is 0 Å². The number of carbonyl (C=O) groups excluding carboxylic acids is 1. The molecule has 1 atom stereocenters. The first-order chi connectivity index (χ1) is 16.1. The molecule has 4 aromatic rings. The molecule has 0 aliphatic carbocycles. The quantitative estimate of drug-likeness (QED) is 0.358. The summed E-state index contributed by atoms with van der Waals surface area (Å²) in [5.74, 6) is -0.102. The molecule has 0 aliphatic rings. The van der Waals surface area contributed by atoms with E-state index in [2.05, 4.69) is 30.6 Å². The van der Waals surface area contributed by atoms with Gasteiger partial charge in [-0.25, -0.2) is 15.0 Å². The van der Waals surface area contributed by atoms with Crippen molar-refractivity contribution in [3.8, 4) is 11.3 Å². The van der Waals surface area contributed by atoms with Gasteiger partial charge in [0.1, 0.15) is 16.0 Å². The second-order valence-corrected chi connectivity index (χ2v) is 10.9. The zero-order valence-electron chi connectivity index (χ0n) is 19.6. The van der Waals surface area contributed by atoms with Crippen LogP contribution in [0.5, 0.6) is 0 Å². The number of amides is 1. The van der Waals surface area contributed by atoms with Gasteiger partial charge in [-0.05, 0) is 56.2 Å². The number of benzene rings is 1. The summed E-state index contributed by atoms with van der Waals surface area (Å²) in [6.45, 7) is 5.77. The van der Waals surface area contributed by atoms with Crippen LogP contribution in [0.1, 0.15) is 31.3 Å². The third-order valence-corrected chi connectivity index (χ3v) is 6.96. The van der Waals surface area contributed by atoms with E-state index in [1.54, 1.807) is 50.0 Å². The molecule has 11 heteroatoms. The van der Waals surface area contributed by atoms with Crippen molar-refractivity contribution >= 4 is 45.4 Å². The van der Waals surface area contributed by atoms with Crippen LogP contribution in [0.25, 0.3) is 22.3 Å². The number of carbonyl (C=O) groups is 1. The van der Waals surface area contributed by atoms with Crippen molar-refractivity contribution in [2.75, 3.05) is 17.7 Å². The molecule has 0 aliphatic heterocycles. The first-order valence-electron chi connectivity index (χ1n) is 10.5. The maximum atomic E-state index is 12.6. The average molecular weight is 479 g/mol. The standard InChI is InChI=1S/C23H26N8O2S/c1-23(2,3)34(33)14-8-6-13(7-9-14)28-22-19(20(24)32)29-18(21(25-4)30-22)15-10-26-11-16-17(15)27-12-31(16)5/h6-12H,1-5H3,(H2,24,32)(H2,25,28,30). The molecule has 0 radical (unpaired) electrons. The molecule has 34 heavy (non-hydrogen) atoms. The first kappa shape index (κ1) is 23.5. The van der Waals surface area contributed by atoms with Gasteiger partial charge < -0.3 is 25.5 Å². The smallest absolute Gasteiger partial charge is 0.271 e. The minimum absolute atomic E-state index is 0.0238. The molecule has 4 N–H and O–H groups in total. The number of rotatable bonds is 6. The van der Waals surface area contributed by atoms with Crippen molar-refractivity contribution in [1.29, 1.82) is 0 Å². The molecule has 3 heterocycles.